The molecular formula is C11H16N4O2. The van der Waals surface area contributed by atoms with E-state index in [0.29, 0.717) is 0 Å². The molecule has 17 heavy (non-hydrogen) atoms. The summed E-state index contributed by atoms with van der Waals surface area (Å²) in [5, 5.41) is 8.77. The molecule has 2 rings (SSSR count). The van der Waals surface area contributed by atoms with Gasteiger partial charge in [0.1, 0.15) is 5.69 Å². The lowest BCUT2D eigenvalue weighted by Crippen LogP contribution is -2.64. The number of carbonyl (C=O) groups is 1. The summed E-state index contributed by atoms with van der Waals surface area (Å²) in [5.74, 6) is -0.286. The number of aromatic amines is 1. The van der Waals surface area contributed by atoms with E-state index >= 15 is 0 Å². The number of amides is 1. The molecule has 4 N–H and O–H groups in total. The number of carbonyl (C=O) groups excluding carboxylic acids is 1. The van der Waals surface area contributed by atoms with Crippen LogP contribution >= 0.6 is 0 Å². The Hall–Kier alpha value is -1.69. The zero-order chi connectivity index (χ0) is 12.6. The molecule has 1 saturated carbocycles. The van der Waals surface area contributed by atoms with Gasteiger partial charge >= 0.3 is 0 Å². The SMILES string of the molecule is CC1(C)C(N)CC1NC(=O)c1ccc(=O)[nH]n1. The van der Waals surface area contributed by atoms with Crippen molar-refractivity contribution in [1.82, 2.24) is 15.5 Å². The molecule has 1 aromatic rings. The molecule has 0 bridgehead atoms. The standard InChI is InChI=1S/C11H16N4O2/c1-11(2)7(12)5-8(11)13-10(17)6-3-4-9(16)15-14-6/h3-4,7-8H,5,12H2,1-2H3,(H,13,17)(H,15,16). The van der Waals surface area contributed by atoms with Gasteiger partial charge in [0.2, 0.25) is 0 Å². The summed E-state index contributed by atoms with van der Waals surface area (Å²) in [6, 6.07) is 2.84. The summed E-state index contributed by atoms with van der Waals surface area (Å²) >= 11 is 0. The van der Waals surface area contributed by atoms with Gasteiger partial charge in [-0.15, -0.1) is 0 Å². The van der Waals surface area contributed by atoms with Crippen molar-refractivity contribution in [2.45, 2.75) is 32.4 Å². The predicted octanol–water partition coefficient (Wildman–Crippen LogP) is -0.374. The van der Waals surface area contributed by atoms with E-state index in [1.54, 1.807) is 0 Å². The Bertz CT molecular complexity index is 474. The van der Waals surface area contributed by atoms with E-state index in [1.165, 1.54) is 12.1 Å². The summed E-state index contributed by atoms with van der Waals surface area (Å²) < 4.78 is 0. The summed E-state index contributed by atoms with van der Waals surface area (Å²) in [6.45, 7) is 4.04. The molecule has 1 heterocycles. The Kier molecular flexibility index (Phi) is 2.74. The molecule has 6 heteroatoms. The zero-order valence-corrected chi connectivity index (χ0v) is 9.86. The maximum Gasteiger partial charge on any atom is 0.271 e. The second kappa shape index (κ2) is 3.96. The van der Waals surface area contributed by atoms with Crippen LogP contribution in [0.5, 0.6) is 0 Å². The average molecular weight is 236 g/mol. The van der Waals surface area contributed by atoms with Crippen molar-refractivity contribution in [3.05, 3.63) is 28.2 Å². The fraction of sp³-hybridized carbons (Fsp3) is 0.545. The van der Waals surface area contributed by atoms with E-state index in [1.807, 2.05) is 13.8 Å². The number of hydrogen-bond donors (Lipinski definition) is 3. The van der Waals surface area contributed by atoms with E-state index in [4.69, 9.17) is 5.73 Å². The molecule has 6 nitrogen and oxygen atoms in total. The molecule has 2 atom stereocenters. The van der Waals surface area contributed by atoms with Crippen LogP contribution in [0.4, 0.5) is 0 Å². The monoisotopic (exact) mass is 236 g/mol. The largest absolute Gasteiger partial charge is 0.347 e. The number of nitrogens with two attached hydrogens (primary N) is 1. The number of aromatic nitrogens is 2. The molecule has 1 aliphatic carbocycles. The zero-order valence-electron chi connectivity index (χ0n) is 9.86. The Morgan fingerprint density at radius 1 is 1.59 bits per heavy atom. The molecule has 0 spiro atoms. The predicted molar refractivity (Wildman–Crippen MR) is 62.5 cm³/mol. The van der Waals surface area contributed by atoms with E-state index in [-0.39, 0.29) is 34.7 Å². The van der Waals surface area contributed by atoms with Gasteiger partial charge in [0, 0.05) is 23.6 Å². The number of hydrogen-bond acceptors (Lipinski definition) is 4. The first-order valence-corrected chi connectivity index (χ1v) is 5.53. The van der Waals surface area contributed by atoms with Crippen molar-refractivity contribution in [3.8, 4) is 0 Å². The van der Waals surface area contributed by atoms with Crippen molar-refractivity contribution in [2.24, 2.45) is 11.1 Å². The molecule has 0 aliphatic heterocycles. The minimum atomic E-state index is -0.326. The van der Waals surface area contributed by atoms with Crippen molar-refractivity contribution in [1.29, 1.82) is 0 Å². The van der Waals surface area contributed by atoms with Crippen LogP contribution in [0, 0.1) is 5.41 Å². The average Bonchev–Trinajstić information content (AvgIpc) is 2.29. The highest BCUT2D eigenvalue weighted by Gasteiger charge is 2.46. The number of nitrogens with zero attached hydrogens (tertiary/aromatic N) is 1. The molecule has 1 aromatic heterocycles. The first-order valence-electron chi connectivity index (χ1n) is 5.53. The summed E-state index contributed by atoms with van der Waals surface area (Å²) in [7, 11) is 0. The lowest BCUT2D eigenvalue weighted by Gasteiger charge is -2.50. The minimum Gasteiger partial charge on any atom is -0.347 e. The Labute approximate surface area is 98.6 Å². The third-order valence-electron chi connectivity index (χ3n) is 3.56. The summed E-state index contributed by atoms with van der Waals surface area (Å²) in [5.41, 5.74) is 5.65. The van der Waals surface area contributed by atoms with Crippen LogP contribution in [0.3, 0.4) is 0 Å². The molecule has 1 amide bonds. The van der Waals surface area contributed by atoms with Crippen molar-refractivity contribution < 1.29 is 4.79 Å². The van der Waals surface area contributed by atoms with Crippen LogP contribution in [-0.4, -0.2) is 28.2 Å². The highest BCUT2D eigenvalue weighted by atomic mass is 16.2. The van der Waals surface area contributed by atoms with Gasteiger partial charge in [-0.2, -0.15) is 5.10 Å². The van der Waals surface area contributed by atoms with Crippen molar-refractivity contribution >= 4 is 5.91 Å². The van der Waals surface area contributed by atoms with Crippen molar-refractivity contribution in [2.75, 3.05) is 0 Å². The molecule has 1 fully saturated rings. The van der Waals surface area contributed by atoms with Gasteiger partial charge in [-0.25, -0.2) is 5.10 Å². The van der Waals surface area contributed by atoms with Crippen LogP contribution in [0.25, 0.3) is 0 Å². The van der Waals surface area contributed by atoms with Crippen molar-refractivity contribution in [3.63, 3.8) is 0 Å². The van der Waals surface area contributed by atoms with Gasteiger partial charge < -0.3 is 11.1 Å². The van der Waals surface area contributed by atoms with Gasteiger partial charge in [-0.1, -0.05) is 13.8 Å². The third-order valence-corrected chi connectivity index (χ3v) is 3.56. The van der Waals surface area contributed by atoms with Gasteiger partial charge in [-0.3, -0.25) is 9.59 Å². The fourth-order valence-corrected chi connectivity index (χ4v) is 1.91. The summed E-state index contributed by atoms with van der Waals surface area (Å²) in [6.07, 6.45) is 0.766. The van der Waals surface area contributed by atoms with Gasteiger partial charge in [0.15, 0.2) is 0 Å². The Morgan fingerprint density at radius 2 is 2.29 bits per heavy atom. The number of rotatable bonds is 2. The maximum atomic E-state index is 11.8. The molecule has 2 unspecified atom stereocenters. The molecule has 1 aliphatic rings. The maximum absolute atomic E-state index is 11.8. The second-order valence-electron chi connectivity index (χ2n) is 5.00. The first-order chi connectivity index (χ1) is 7.91. The van der Waals surface area contributed by atoms with E-state index in [9.17, 15) is 9.59 Å². The van der Waals surface area contributed by atoms with Crippen LogP contribution in [0.2, 0.25) is 0 Å². The van der Waals surface area contributed by atoms with Crippen LogP contribution in [0.1, 0.15) is 30.8 Å². The molecule has 92 valence electrons. The van der Waals surface area contributed by atoms with Gasteiger partial charge in [0.25, 0.3) is 11.5 Å². The topological polar surface area (TPSA) is 101 Å². The normalized spacial score (nSPS) is 26.1. The van der Waals surface area contributed by atoms with Crippen LogP contribution < -0.4 is 16.6 Å². The first kappa shape index (κ1) is 11.8. The molecular weight excluding hydrogens is 220 g/mol. The molecule has 0 saturated heterocycles. The fourth-order valence-electron chi connectivity index (χ4n) is 1.91. The molecule has 0 aromatic carbocycles. The minimum absolute atomic E-state index is 0.0544. The Morgan fingerprint density at radius 3 is 2.76 bits per heavy atom. The second-order valence-corrected chi connectivity index (χ2v) is 5.00. The number of H-pyrrole nitrogens is 1. The van der Waals surface area contributed by atoms with E-state index in [0.717, 1.165) is 6.42 Å². The van der Waals surface area contributed by atoms with Crippen LogP contribution in [-0.2, 0) is 0 Å². The third kappa shape index (κ3) is 2.08. The van der Waals surface area contributed by atoms with E-state index < -0.39 is 0 Å². The van der Waals surface area contributed by atoms with Gasteiger partial charge in [-0.05, 0) is 12.5 Å². The molecule has 0 radical (unpaired) electrons. The van der Waals surface area contributed by atoms with Gasteiger partial charge in [0.05, 0.1) is 0 Å². The smallest absolute Gasteiger partial charge is 0.271 e. The highest BCUT2D eigenvalue weighted by Crippen LogP contribution is 2.38. The summed E-state index contributed by atoms with van der Waals surface area (Å²) in [4.78, 5) is 22.6. The lowest BCUT2D eigenvalue weighted by atomic mass is 9.63. The van der Waals surface area contributed by atoms with Crippen LogP contribution in [0.15, 0.2) is 16.9 Å². The lowest BCUT2D eigenvalue weighted by molar-refractivity contribution is 0.0582. The quantitative estimate of drug-likeness (QED) is 0.651. The van der Waals surface area contributed by atoms with E-state index in [2.05, 4.69) is 15.5 Å². The number of nitrogens with one attached hydrogen (secondary N) is 2. The highest BCUT2D eigenvalue weighted by molar-refractivity contribution is 5.92. The Balaban J connectivity index is 2.03.